The van der Waals surface area contributed by atoms with Gasteiger partial charge in [0.15, 0.2) is 0 Å². The third-order valence-electron chi connectivity index (χ3n) is 4.30. The lowest BCUT2D eigenvalue weighted by molar-refractivity contribution is 0.247. The third-order valence-corrected chi connectivity index (χ3v) is 4.53. The first-order valence-corrected chi connectivity index (χ1v) is 8.50. The van der Waals surface area contributed by atoms with Crippen LogP contribution >= 0.6 is 11.6 Å². The minimum Gasteiger partial charge on any atom is -0.298 e. The van der Waals surface area contributed by atoms with E-state index >= 15 is 0 Å². The van der Waals surface area contributed by atoms with Crippen molar-refractivity contribution in [3.05, 3.63) is 70.5 Å². The van der Waals surface area contributed by atoms with Gasteiger partial charge in [-0.05, 0) is 54.9 Å². The average molecular weight is 333 g/mol. The highest BCUT2D eigenvalue weighted by molar-refractivity contribution is 6.30. The van der Waals surface area contributed by atoms with Crippen LogP contribution in [0.1, 0.15) is 17.5 Å². The topological polar surface area (TPSA) is 6.48 Å². The van der Waals surface area contributed by atoms with Crippen LogP contribution in [0.15, 0.2) is 48.5 Å². The molecular formula is C19H22ClFN2. The molecule has 0 radical (unpaired) electrons. The second kappa shape index (κ2) is 7.91. The fourth-order valence-corrected chi connectivity index (χ4v) is 3.30. The van der Waals surface area contributed by atoms with Crippen molar-refractivity contribution in [2.45, 2.75) is 19.5 Å². The van der Waals surface area contributed by atoms with E-state index in [1.165, 1.54) is 11.1 Å². The molecule has 2 aromatic carbocycles. The van der Waals surface area contributed by atoms with Gasteiger partial charge in [-0.1, -0.05) is 35.9 Å². The summed E-state index contributed by atoms with van der Waals surface area (Å²) in [7, 11) is 0. The van der Waals surface area contributed by atoms with E-state index in [-0.39, 0.29) is 5.82 Å². The predicted molar refractivity (Wildman–Crippen MR) is 93.0 cm³/mol. The summed E-state index contributed by atoms with van der Waals surface area (Å²) in [5.41, 5.74) is 2.44. The van der Waals surface area contributed by atoms with Gasteiger partial charge >= 0.3 is 0 Å². The zero-order valence-corrected chi connectivity index (χ0v) is 14.0. The number of hydrogen-bond donors (Lipinski definition) is 0. The number of rotatable bonds is 4. The Balaban J connectivity index is 1.53. The molecule has 0 aliphatic carbocycles. The molecule has 1 heterocycles. The maximum absolute atomic E-state index is 13.0. The van der Waals surface area contributed by atoms with Gasteiger partial charge in [-0.25, -0.2) is 4.39 Å². The standard InChI is InChI=1S/C19H22ClFN2/c20-18-4-1-3-17(13-18)15-23-10-2-9-22(11-12-23)14-16-5-7-19(21)8-6-16/h1,3-8,13H,2,9-12,14-15H2. The molecule has 3 rings (SSSR count). The zero-order chi connectivity index (χ0) is 16.1. The van der Waals surface area contributed by atoms with Gasteiger partial charge in [0.1, 0.15) is 5.82 Å². The first-order valence-electron chi connectivity index (χ1n) is 8.13. The predicted octanol–water partition coefficient (Wildman–Crippen LogP) is 4.19. The van der Waals surface area contributed by atoms with Crippen LogP contribution in [0.3, 0.4) is 0 Å². The largest absolute Gasteiger partial charge is 0.298 e. The Hall–Kier alpha value is -1.42. The molecule has 0 spiro atoms. The summed E-state index contributed by atoms with van der Waals surface area (Å²) < 4.78 is 13.0. The molecule has 0 aromatic heterocycles. The van der Waals surface area contributed by atoms with Crippen LogP contribution in [-0.2, 0) is 13.1 Å². The van der Waals surface area contributed by atoms with Crippen molar-refractivity contribution in [2.75, 3.05) is 26.2 Å². The van der Waals surface area contributed by atoms with E-state index in [0.717, 1.165) is 50.7 Å². The van der Waals surface area contributed by atoms with Crippen molar-refractivity contribution < 1.29 is 4.39 Å². The zero-order valence-electron chi connectivity index (χ0n) is 13.2. The van der Waals surface area contributed by atoms with Crippen molar-refractivity contribution in [1.29, 1.82) is 0 Å². The highest BCUT2D eigenvalue weighted by atomic mass is 35.5. The Labute approximate surface area is 142 Å². The van der Waals surface area contributed by atoms with Crippen LogP contribution in [-0.4, -0.2) is 36.0 Å². The lowest BCUT2D eigenvalue weighted by Gasteiger charge is -2.22. The highest BCUT2D eigenvalue weighted by Crippen LogP contribution is 2.15. The first kappa shape index (κ1) is 16.4. The van der Waals surface area contributed by atoms with Crippen LogP contribution in [0.25, 0.3) is 0 Å². The Morgan fingerprint density at radius 1 is 0.826 bits per heavy atom. The summed E-state index contributed by atoms with van der Waals surface area (Å²) in [4.78, 5) is 4.93. The summed E-state index contributed by atoms with van der Waals surface area (Å²) in [5, 5.41) is 0.801. The van der Waals surface area contributed by atoms with Gasteiger partial charge < -0.3 is 0 Å². The van der Waals surface area contributed by atoms with Gasteiger partial charge in [-0.15, -0.1) is 0 Å². The van der Waals surface area contributed by atoms with Gasteiger partial charge in [0.25, 0.3) is 0 Å². The fourth-order valence-electron chi connectivity index (χ4n) is 3.08. The smallest absolute Gasteiger partial charge is 0.123 e. The highest BCUT2D eigenvalue weighted by Gasteiger charge is 2.15. The SMILES string of the molecule is Fc1ccc(CN2CCCN(Cc3cccc(Cl)c3)CC2)cc1. The average Bonchev–Trinajstić information content (AvgIpc) is 2.75. The molecule has 4 heteroatoms. The normalized spacial score (nSPS) is 17.1. The summed E-state index contributed by atoms with van der Waals surface area (Å²) in [5.74, 6) is -0.169. The summed E-state index contributed by atoms with van der Waals surface area (Å²) in [6.45, 7) is 6.12. The number of hydrogen-bond acceptors (Lipinski definition) is 2. The molecule has 0 bridgehead atoms. The molecule has 0 atom stereocenters. The quantitative estimate of drug-likeness (QED) is 0.828. The molecule has 1 aliphatic heterocycles. The minimum atomic E-state index is -0.169. The summed E-state index contributed by atoms with van der Waals surface area (Å²) >= 11 is 6.07. The number of nitrogens with zero attached hydrogens (tertiary/aromatic N) is 2. The van der Waals surface area contributed by atoms with E-state index in [4.69, 9.17) is 11.6 Å². The van der Waals surface area contributed by atoms with Crippen molar-refractivity contribution in [1.82, 2.24) is 9.80 Å². The second-order valence-electron chi connectivity index (χ2n) is 6.16. The monoisotopic (exact) mass is 332 g/mol. The molecule has 1 fully saturated rings. The molecule has 1 aliphatic rings. The minimum absolute atomic E-state index is 0.169. The Morgan fingerprint density at radius 2 is 1.48 bits per heavy atom. The van der Waals surface area contributed by atoms with E-state index in [1.54, 1.807) is 12.1 Å². The van der Waals surface area contributed by atoms with E-state index in [0.29, 0.717) is 0 Å². The molecule has 23 heavy (non-hydrogen) atoms. The van der Waals surface area contributed by atoms with E-state index < -0.39 is 0 Å². The van der Waals surface area contributed by atoms with Crippen LogP contribution < -0.4 is 0 Å². The maximum atomic E-state index is 13.0. The Morgan fingerprint density at radius 3 is 2.13 bits per heavy atom. The molecule has 1 saturated heterocycles. The van der Waals surface area contributed by atoms with Gasteiger partial charge in [0.2, 0.25) is 0 Å². The maximum Gasteiger partial charge on any atom is 0.123 e. The van der Waals surface area contributed by atoms with Crippen LogP contribution in [0.4, 0.5) is 4.39 Å². The van der Waals surface area contributed by atoms with Crippen molar-refractivity contribution in [3.63, 3.8) is 0 Å². The summed E-state index contributed by atoms with van der Waals surface area (Å²) in [6.07, 6.45) is 1.15. The lowest BCUT2D eigenvalue weighted by Crippen LogP contribution is -2.30. The Kier molecular flexibility index (Phi) is 5.65. The fraction of sp³-hybridized carbons (Fsp3) is 0.368. The molecule has 0 N–H and O–H groups in total. The van der Waals surface area contributed by atoms with Crippen molar-refractivity contribution in [3.8, 4) is 0 Å². The van der Waals surface area contributed by atoms with Crippen LogP contribution in [0, 0.1) is 5.82 Å². The molecule has 2 aromatic rings. The second-order valence-corrected chi connectivity index (χ2v) is 6.60. The van der Waals surface area contributed by atoms with Gasteiger partial charge in [-0.2, -0.15) is 0 Å². The molecule has 0 unspecified atom stereocenters. The van der Waals surface area contributed by atoms with Crippen LogP contribution in [0.2, 0.25) is 5.02 Å². The van der Waals surface area contributed by atoms with Crippen molar-refractivity contribution >= 4 is 11.6 Å². The lowest BCUT2D eigenvalue weighted by atomic mass is 10.2. The summed E-state index contributed by atoms with van der Waals surface area (Å²) in [6, 6.07) is 14.9. The third kappa shape index (κ3) is 5.03. The van der Waals surface area contributed by atoms with Crippen molar-refractivity contribution in [2.24, 2.45) is 0 Å². The molecule has 122 valence electrons. The number of halogens is 2. The first-order chi connectivity index (χ1) is 11.2. The van der Waals surface area contributed by atoms with E-state index in [2.05, 4.69) is 15.9 Å². The van der Waals surface area contributed by atoms with Crippen LogP contribution in [0.5, 0.6) is 0 Å². The molecule has 0 amide bonds. The molecule has 0 saturated carbocycles. The molecule has 2 nitrogen and oxygen atoms in total. The van der Waals surface area contributed by atoms with Gasteiger partial charge in [0, 0.05) is 31.2 Å². The Bertz CT molecular complexity index is 630. The van der Waals surface area contributed by atoms with E-state index in [9.17, 15) is 4.39 Å². The van der Waals surface area contributed by atoms with Gasteiger partial charge in [0.05, 0.1) is 0 Å². The van der Waals surface area contributed by atoms with Gasteiger partial charge in [-0.3, -0.25) is 9.80 Å². The molecular weight excluding hydrogens is 311 g/mol. The number of benzene rings is 2. The van der Waals surface area contributed by atoms with E-state index in [1.807, 2.05) is 30.3 Å².